The van der Waals surface area contributed by atoms with Crippen LogP contribution in [0.5, 0.6) is 0 Å². The normalized spacial score (nSPS) is 19.4. The highest BCUT2D eigenvalue weighted by molar-refractivity contribution is 5.85. The lowest BCUT2D eigenvalue weighted by Gasteiger charge is -2.23. The summed E-state index contributed by atoms with van der Waals surface area (Å²) in [7, 11) is 0. The highest BCUT2D eigenvalue weighted by Gasteiger charge is 2.41. The molecule has 5 rings (SSSR count). The lowest BCUT2D eigenvalue weighted by atomic mass is 9.85. The van der Waals surface area contributed by atoms with Gasteiger partial charge in [0.1, 0.15) is 24.2 Å². The van der Waals surface area contributed by atoms with Crippen LogP contribution < -0.4 is 9.13 Å². The number of halogens is 2. The van der Waals surface area contributed by atoms with Crippen molar-refractivity contribution in [2.45, 2.75) is 12.5 Å². The molecule has 1 unspecified atom stereocenters. The number of aromatic nitrogens is 2. The summed E-state index contributed by atoms with van der Waals surface area (Å²) in [5.41, 5.74) is 2.81. The fraction of sp³-hybridized carbons (Fsp3) is 0.136. The fourth-order valence-corrected chi connectivity index (χ4v) is 4.06. The van der Waals surface area contributed by atoms with Crippen molar-refractivity contribution in [3.8, 4) is 11.3 Å². The number of rotatable bonds is 0. The standard InChI is InChI=1S/C22H16F2N2O2/c23-14-11-15-16-13-25-8-3-1-6-20(25)22(27)28-10-7-18(16)26-9-4-2-5-19(26)21(15)17(24)12-14/h1-9,11-12,16H,10,13H2/q+2/b18-7+. The second-order valence-corrected chi connectivity index (χ2v) is 6.83. The number of hydrogen-bond donors (Lipinski definition) is 0. The lowest BCUT2D eigenvalue weighted by Crippen LogP contribution is -2.48. The Labute approximate surface area is 159 Å². The van der Waals surface area contributed by atoms with Gasteiger partial charge in [0.05, 0.1) is 5.56 Å². The van der Waals surface area contributed by atoms with Crippen LogP contribution in [0.4, 0.5) is 8.78 Å². The van der Waals surface area contributed by atoms with E-state index in [1.54, 1.807) is 29.0 Å². The van der Waals surface area contributed by atoms with Crippen LogP contribution in [0.15, 0.2) is 67.0 Å². The Morgan fingerprint density at radius 2 is 1.79 bits per heavy atom. The van der Waals surface area contributed by atoms with Gasteiger partial charge in [-0.1, -0.05) is 0 Å². The number of allylic oxidation sites excluding steroid dienone is 1. The van der Waals surface area contributed by atoms with Gasteiger partial charge in [-0.15, -0.1) is 0 Å². The van der Waals surface area contributed by atoms with Gasteiger partial charge in [0.2, 0.25) is 11.4 Å². The Kier molecular flexibility index (Phi) is 3.79. The molecule has 3 aromatic rings. The minimum absolute atomic E-state index is 0.0774. The van der Waals surface area contributed by atoms with Crippen molar-refractivity contribution in [2.75, 3.05) is 6.61 Å². The van der Waals surface area contributed by atoms with Gasteiger partial charge in [0, 0.05) is 36.4 Å². The van der Waals surface area contributed by atoms with Gasteiger partial charge in [-0.05, 0) is 23.8 Å². The molecule has 4 nitrogen and oxygen atoms in total. The minimum Gasteiger partial charge on any atom is -0.453 e. The Balaban J connectivity index is 1.80. The van der Waals surface area contributed by atoms with Crippen molar-refractivity contribution in [1.29, 1.82) is 0 Å². The fourth-order valence-electron chi connectivity index (χ4n) is 4.06. The third kappa shape index (κ3) is 2.52. The smallest absolute Gasteiger partial charge is 0.403 e. The third-order valence-corrected chi connectivity index (χ3v) is 5.25. The summed E-state index contributed by atoms with van der Waals surface area (Å²) in [6.45, 7) is 0.433. The van der Waals surface area contributed by atoms with E-state index >= 15 is 0 Å². The maximum Gasteiger partial charge on any atom is 0.403 e. The number of ether oxygens (including phenoxy) is 1. The molecule has 4 heterocycles. The lowest BCUT2D eigenvalue weighted by molar-refractivity contribution is -0.703. The summed E-state index contributed by atoms with van der Waals surface area (Å²) in [5.74, 6) is -1.99. The highest BCUT2D eigenvalue weighted by Crippen LogP contribution is 2.40. The van der Waals surface area contributed by atoms with Crippen LogP contribution in [0.25, 0.3) is 17.0 Å². The van der Waals surface area contributed by atoms with Crippen molar-refractivity contribution < 1.29 is 27.4 Å². The number of benzene rings is 1. The molecular weight excluding hydrogens is 362 g/mol. The first kappa shape index (κ1) is 16.7. The summed E-state index contributed by atoms with van der Waals surface area (Å²) >= 11 is 0. The van der Waals surface area contributed by atoms with Crippen LogP contribution >= 0.6 is 0 Å². The molecule has 1 atom stereocenters. The molecule has 2 aliphatic heterocycles. The van der Waals surface area contributed by atoms with Gasteiger partial charge in [0.25, 0.3) is 5.69 Å². The second kappa shape index (κ2) is 6.34. The summed E-state index contributed by atoms with van der Waals surface area (Å²) < 4.78 is 38.0. The summed E-state index contributed by atoms with van der Waals surface area (Å²) in [4.78, 5) is 12.4. The number of carbonyl (C=O) groups excluding carboxylic acids is 1. The Morgan fingerprint density at radius 3 is 2.64 bits per heavy atom. The molecular formula is C22H16F2N2O2+2. The van der Waals surface area contributed by atoms with Gasteiger partial charge >= 0.3 is 5.97 Å². The van der Waals surface area contributed by atoms with Crippen LogP contribution in [-0.4, -0.2) is 12.6 Å². The molecule has 1 aromatic carbocycles. The van der Waals surface area contributed by atoms with E-state index < -0.39 is 17.6 Å². The average molecular weight is 378 g/mol. The molecule has 0 saturated carbocycles. The Morgan fingerprint density at radius 1 is 1.00 bits per heavy atom. The molecule has 0 N–H and O–H groups in total. The van der Waals surface area contributed by atoms with Crippen molar-refractivity contribution in [3.63, 3.8) is 0 Å². The predicted molar refractivity (Wildman–Crippen MR) is 95.9 cm³/mol. The molecule has 28 heavy (non-hydrogen) atoms. The van der Waals surface area contributed by atoms with Gasteiger partial charge < -0.3 is 4.74 Å². The van der Waals surface area contributed by atoms with E-state index in [9.17, 15) is 13.6 Å². The zero-order valence-corrected chi connectivity index (χ0v) is 14.8. The average Bonchev–Trinajstić information content (AvgIpc) is 2.76. The number of fused-ring (bicyclic) bond motifs is 7. The van der Waals surface area contributed by atoms with Crippen molar-refractivity contribution >= 4 is 11.7 Å². The van der Waals surface area contributed by atoms with Crippen molar-refractivity contribution in [1.82, 2.24) is 0 Å². The quantitative estimate of drug-likeness (QED) is 0.445. The molecule has 0 amide bonds. The first-order valence-corrected chi connectivity index (χ1v) is 8.99. The zero-order valence-electron chi connectivity index (χ0n) is 14.8. The summed E-state index contributed by atoms with van der Waals surface area (Å²) in [6.07, 6.45) is 5.43. The predicted octanol–water partition coefficient (Wildman–Crippen LogP) is 3.02. The SMILES string of the molecule is O=C1OC/C=C2\C(C[n+]3ccccc31)c1cc(F)cc(F)c1-c1cccc[n+]12. The molecule has 0 bridgehead atoms. The van der Waals surface area contributed by atoms with E-state index in [2.05, 4.69) is 0 Å². The first-order chi connectivity index (χ1) is 13.6. The number of hydrogen-bond acceptors (Lipinski definition) is 2. The van der Waals surface area contributed by atoms with Gasteiger partial charge in [0.15, 0.2) is 18.9 Å². The minimum atomic E-state index is -0.620. The van der Waals surface area contributed by atoms with Crippen LogP contribution in [0.1, 0.15) is 22.0 Å². The van der Waals surface area contributed by atoms with Crippen molar-refractivity contribution in [3.05, 3.63) is 89.9 Å². The molecule has 0 saturated heterocycles. The monoisotopic (exact) mass is 378 g/mol. The molecule has 0 radical (unpaired) electrons. The number of pyridine rings is 2. The third-order valence-electron chi connectivity index (χ3n) is 5.25. The molecule has 0 fully saturated rings. The maximum atomic E-state index is 14.8. The molecule has 0 spiro atoms. The maximum absolute atomic E-state index is 14.8. The molecule has 2 aliphatic rings. The molecule has 138 valence electrons. The number of esters is 1. The first-order valence-electron chi connectivity index (χ1n) is 8.99. The van der Waals surface area contributed by atoms with Crippen LogP contribution in [-0.2, 0) is 11.3 Å². The highest BCUT2D eigenvalue weighted by atomic mass is 19.1. The van der Waals surface area contributed by atoms with E-state index in [4.69, 9.17) is 4.74 Å². The topological polar surface area (TPSA) is 34.1 Å². The van der Waals surface area contributed by atoms with Gasteiger partial charge in [-0.3, -0.25) is 0 Å². The van der Waals surface area contributed by atoms with E-state index in [0.29, 0.717) is 29.1 Å². The number of nitrogens with zero attached hydrogens (tertiary/aromatic N) is 2. The van der Waals surface area contributed by atoms with E-state index in [-0.39, 0.29) is 12.5 Å². The summed E-state index contributed by atoms with van der Waals surface area (Å²) in [5, 5.41) is 0. The number of cyclic esters (lactones) is 1. The van der Waals surface area contributed by atoms with Crippen LogP contribution in [0, 0.1) is 11.6 Å². The summed E-state index contributed by atoms with van der Waals surface area (Å²) in [6, 6.07) is 13.0. The number of carbonyl (C=O) groups is 1. The Hall–Kier alpha value is -3.41. The van der Waals surface area contributed by atoms with E-state index in [0.717, 1.165) is 11.8 Å². The van der Waals surface area contributed by atoms with Crippen LogP contribution in [0.3, 0.4) is 0 Å². The molecule has 6 heteroatoms. The molecule has 2 aromatic heterocycles. The van der Waals surface area contributed by atoms with Crippen molar-refractivity contribution in [2.24, 2.45) is 0 Å². The second-order valence-electron chi connectivity index (χ2n) is 6.83. The largest absolute Gasteiger partial charge is 0.453 e. The molecule has 0 aliphatic carbocycles. The van der Waals surface area contributed by atoms with Gasteiger partial charge in [-0.25, -0.2) is 13.6 Å². The van der Waals surface area contributed by atoms with Gasteiger partial charge in [-0.2, -0.15) is 9.13 Å². The van der Waals surface area contributed by atoms with E-state index in [1.807, 2.05) is 35.0 Å². The zero-order chi connectivity index (χ0) is 19.3. The van der Waals surface area contributed by atoms with E-state index in [1.165, 1.54) is 6.07 Å². The van der Waals surface area contributed by atoms with Crippen LogP contribution in [0.2, 0.25) is 0 Å². The Bertz CT molecular complexity index is 1160.